The molecule has 2 aliphatic rings. The van der Waals surface area contributed by atoms with Gasteiger partial charge in [0.2, 0.25) is 17.7 Å². The summed E-state index contributed by atoms with van der Waals surface area (Å²) >= 11 is 0. The zero-order valence-corrected chi connectivity index (χ0v) is 22.4. The van der Waals surface area contributed by atoms with E-state index in [-0.39, 0.29) is 24.5 Å². The molecule has 2 aromatic rings. The molecular formula is C29H35N7O3. The van der Waals surface area contributed by atoms with Gasteiger partial charge < -0.3 is 27.4 Å². The predicted octanol–water partition coefficient (Wildman–Crippen LogP) is 1.14. The summed E-state index contributed by atoms with van der Waals surface area (Å²) in [6, 6.07) is 12.4. The number of hydrogen-bond acceptors (Lipinski definition) is 6. The minimum atomic E-state index is -0.916. The molecule has 0 spiro atoms. The Kier molecular flexibility index (Phi) is 8.02. The van der Waals surface area contributed by atoms with Crippen molar-refractivity contribution in [1.29, 1.82) is 5.26 Å². The van der Waals surface area contributed by atoms with Gasteiger partial charge in [0, 0.05) is 30.8 Å². The SMILES string of the molecule is CN=C(N)C1(C[C@H](C)NCC(=O)N2CCCC2C#N)c2ccc(C(N)=O)cc2CCc2cc(C(N)=O)ccc21. The van der Waals surface area contributed by atoms with Crippen LogP contribution in [0.4, 0.5) is 0 Å². The van der Waals surface area contributed by atoms with Gasteiger partial charge in [-0.1, -0.05) is 12.1 Å². The van der Waals surface area contributed by atoms with Crippen LogP contribution in [0.25, 0.3) is 0 Å². The van der Waals surface area contributed by atoms with Crippen molar-refractivity contribution in [3.63, 3.8) is 0 Å². The van der Waals surface area contributed by atoms with Gasteiger partial charge in [-0.2, -0.15) is 5.26 Å². The molecule has 1 aliphatic carbocycles. The Labute approximate surface area is 228 Å². The maximum absolute atomic E-state index is 12.9. The third-order valence-electron chi connectivity index (χ3n) is 7.98. The molecule has 0 radical (unpaired) electrons. The van der Waals surface area contributed by atoms with E-state index in [1.54, 1.807) is 36.2 Å². The van der Waals surface area contributed by atoms with E-state index in [2.05, 4.69) is 16.4 Å². The summed E-state index contributed by atoms with van der Waals surface area (Å²) in [5.74, 6) is -0.792. The van der Waals surface area contributed by atoms with Crippen molar-refractivity contribution in [3.8, 4) is 6.07 Å². The number of rotatable bonds is 8. The molecule has 10 heteroatoms. The molecule has 1 saturated heterocycles. The normalized spacial score (nSPS) is 18.8. The fraction of sp³-hybridized carbons (Fsp3) is 0.414. The molecular weight excluding hydrogens is 494 g/mol. The number of aliphatic imine (C=N–C) groups is 1. The van der Waals surface area contributed by atoms with Gasteiger partial charge in [-0.3, -0.25) is 19.4 Å². The highest BCUT2D eigenvalue weighted by Crippen LogP contribution is 2.44. The molecule has 1 unspecified atom stereocenters. The number of hydrogen-bond donors (Lipinski definition) is 4. The van der Waals surface area contributed by atoms with Gasteiger partial charge in [0.05, 0.1) is 18.0 Å². The van der Waals surface area contributed by atoms with Crippen molar-refractivity contribution in [3.05, 3.63) is 69.8 Å². The number of nitrogens with two attached hydrogens (primary N) is 3. The van der Waals surface area contributed by atoms with E-state index in [4.69, 9.17) is 17.2 Å². The van der Waals surface area contributed by atoms with Crippen molar-refractivity contribution in [2.75, 3.05) is 20.1 Å². The fourth-order valence-electron chi connectivity index (χ4n) is 6.04. The van der Waals surface area contributed by atoms with Gasteiger partial charge in [0.25, 0.3) is 0 Å². The maximum atomic E-state index is 12.9. The second-order valence-electron chi connectivity index (χ2n) is 10.3. The third-order valence-corrected chi connectivity index (χ3v) is 7.98. The number of aryl methyl sites for hydroxylation is 2. The van der Waals surface area contributed by atoms with E-state index >= 15 is 0 Å². The lowest BCUT2D eigenvalue weighted by molar-refractivity contribution is -0.130. The lowest BCUT2D eigenvalue weighted by atomic mass is 9.67. The Hall–Kier alpha value is -4.23. The van der Waals surface area contributed by atoms with E-state index in [1.807, 2.05) is 19.1 Å². The van der Waals surface area contributed by atoms with Crippen LogP contribution >= 0.6 is 0 Å². The molecule has 0 saturated carbocycles. The van der Waals surface area contributed by atoms with Crippen LogP contribution in [0.15, 0.2) is 41.4 Å². The van der Waals surface area contributed by atoms with Gasteiger partial charge >= 0.3 is 0 Å². The zero-order chi connectivity index (χ0) is 28.3. The zero-order valence-electron chi connectivity index (χ0n) is 22.4. The highest BCUT2D eigenvalue weighted by atomic mass is 16.2. The van der Waals surface area contributed by atoms with Crippen molar-refractivity contribution in [1.82, 2.24) is 10.2 Å². The van der Waals surface area contributed by atoms with Crippen LogP contribution in [0.5, 0.6) is 0 Å². The molecule has 39 heavy (non-hydrogen) atoms. The summed E-state index contributed by atoms with van der Waals surface area (Å²) in [5, 5.41) is 12.7. The van der Waals surface area contributed by atoms with E-state index in [0.717, 1.165) is 28.7 Å². The number of benzene rings is 2. The number of primary amides is 2. The van der Waals surface area contributed by atoms with Gasteiger partial charge in [-0.05, 0) is 85.5 Å². The minimum Gasteiger partial charge on any atom is -0.386 e. The first-order chi connectivity index (χ1) is 18.6. The number of carbonyl (C=O) groups excluding carboxylic acids is 3. The van der Waals surface area contributed by atoms with Crippen LogP contribution in [0.2, 0.25) is 0 Å². The summed E-state index contributed by atoms with van der Waals surface area (Å²) in [6.07, 6.45) is 3.14. The van der Waals surface area contributed by atoms with Gasteiger partial charge in [-0.25, -0.2) is 0 Å². The Balaban J connectivity index is 1.77. The Morgan fingerprint density at radius 3 is 2.13 bits per heavy atom. The van der Waals surface area contributed by atoms with Crippen molar-refractivity contribution < 1.29 is 14.4 Å². The fourth-order valence-corrected chi connectivity index (χ4v) is 6.04. The highest BCUT2D eigenvalue weighted by Gasteiger charge is 2.44. The molecule has 2 atom stereocenters. The summed E-state index contributed by atoms with van der Waals surface area (Å²) in [4.78, 5) is 43.0. The van der Waals surface area contributed by atoms with Crippen molar-refractivity contribution >= 4 is 23.6 Å². The van der Waals surface area contributed by atoms with Crippen LogP contribution in [0.3, 0.4) is 0 Å². The number of amides is 3. The lowest BCUT2D eigenvalue weighted by Crippen LogP contribution is -2.49. The van der Waals surface area contributed by atoms with Crippen molar-refractivity contribution in [2.45, 2.75) is 56.5 Å². The van der Waals surface area contributed by atoms with Crippen LogP contribution in [-0.2, 0) is 23.1 Å². The second kappa shape index (κ2) is 11.3. The summed E-state index contributed by atoms with van der Waals surface area (Å²) < 4.78 is 0. The smallest absolute Gasteiger partial charge is 0.248 e. The van der Waals surface area contributed by atoms with E-state index in [1.165, 1.54) is 0 Å². The van der Waals surface area contributed by atoms with Gasteiger partial charge in [0.15, 0.2) is 0 Å². The molecule has 1 aliphatic heterocycles. The molecule has 0 aromatic heterocycles. The molecule has 4 rings (SSSR count). The number of fused-ring (bicyclic) bond motifs is 2. The summed E-state index contributed by atoms with van der Waals surface area (Å²) in [5.41, 5.74) is 21.4. The summed E-state index contributed by atoms with van der Waals surface area (Å²) in [6.45, 7) is 2.64. The predicted molar refractivity (Wildman–Crippen MR) is 148 cm³/mol. The van der Waals surface area contributed by atoms with E-state index in [0.29, 0.717) is 49.2 Å². The maximum Gasteiger partial charge on any atom is 0.248 e. The Bertz CT molecular complexity index is 1310. The highest BCUT2D eigenvalue weighted by molar-refractivity contribution is 5.98. The lowest BCUT2D eigenvalue weighted by Gasteiger charge is -2.38. The van der Waals surface area contributed by atoms with Crippen LogP contribution in [0.1, 0.15) is 69.2 Å². The van der Waals surface area contributed by atoms with Crippen LogP contribution < -0.4 is 22.5 Å². The number of nitrogens with zero attached hydrogens (tertiary/aromatic N) is 3. The molecule has 3 amide bonds. The second-order valence-corrected chi connectivity index (χ2v) is 10.3. The molecule has 1 heterocycles. The molecule has 10 nitrogen and oxygen atoms in total. The van der Waals surface area contributed by atoms with Crippen molar-refractivity contribution in [2.24, 2.45) is 22.2 Å². The third kappa shape index (κ3) is 5.22. The topological polar surface area (TPSA) is 181 Å². The Morgan fingerprint density at radius 2 is 1.64 bits per heavy atom. The number of likely N-dealkylation sites (tertiary alicyclic amines) is 1. The first kappa shape index (κ1) is 27.8. The molecule has 7 N–H and O–H groups in total. The van der Waals surface area contributed by atoms with E-state index in [9.17, 15) is 19.6 Å². The average molecular weight is 530 g/mol. The molecule has 0 bridgehead atoms. The largest absolute Gasteiger partial charge is 0.386 e. The summed E-state index contributed by atoms with van der Waals surface area (Å²) in [7, 11) is 1.63. The minimum absolute atomic E-state index is 0.0829. The Morgan fingerprint density at radius 1 is 1.08 bits per heavy atom. The quantitative estimate of drug-likeness (QED) is 0.294. The first-order valence-corrected chi connectivity index (χ1v) is 13.1. The standard InChI is InChI=1S/C29H35N7O3/c1-17(35-16-25(37)36-11-3-4-22(36)15-30)14-29(28(33)34-2)23-9-7-20(26(31)38)12-18(23)5-6-19-13-21(27(32)39)8-10-24(19)29/h7-10,12-13,17,22,35H,3-6,11,14,16H2,1-2H3,(H2,31,38)(H2,32,39)(H2,33,34)/t17-,22?/m0/s1. The molecule has 1 fully saturated rings. The number of carbonyl (C=O) groups is 3. The number of nitrogens with one attached hydrogen (secondary N) is 1. The van der Waals surface area contributed by atoms with Gasteiger partial charge in [-0.15, -0.1) is 0 Å². The van der Waals surface area contributed by atoms with Crippen LogP contribution in [0, 0.1) is 11.3 Å². The van der Waals surface area contributed by atoms with E-state index < -0.39 is 17.2 Å². The molecule has 2 aromatic carbocycles. The average Bonchev–Trinajstić information content (AvgIpc) is 3.37. The van der Waals surface area contributed by atoms with Crippen LogP contribution in [-0.4, -0.2) is 60.7 Å². The molecule has 204 valence electrons. The van der Waals surface area contributed by atoms with Gasteiger partial charge in [0.1, 0.15) is 11.9 Å². The monoisotopic (exact) mass is 529 g/mol. The first-order valence-electron chi connectivity index (χ1n) is 13.1. The number of nitriles is 1. The number of amidine groups is 1.